The van der Waals surface area contributed by atoms with Gasteiger partial charge in [0.05, 0.1) is 5.52 Å². The Bertz CT molecular complexity index is 571. The summed E-state index contributed by atoms with van der Waals surface area (Å²) in [6.45, 7) is 1.08. The summed E-state index contributed by atoms with van der Waals surface area (Å²) in [6.07, 6.45) is 1.22. The molecule has 0 unspecified atom stereocenters. The Morgan fingerprint density at radius 2 is 2.16 bits per heavy atom. The Hall–Kier alpha value is -1.20. The average molecular weight is 289 g/mol. The van der Waals surface area contributed by atoms with Gasteiger partial charge in [-0.15, -0.1) is 11.6 Å². The zero-order valence-corrected chi connectivity index (χ0v) is 11.4. The normalized spacial score (nSPS) is 11.4. The third kappa shape index (κ3) is 2.87. The van der Waals surface area contributed by atoms with Crippen molar-refractivity contribution in [1.29, 1.82) is 0 Å². The van der Waals surface area contributed by atoms with E-state index < -0.39 is 11.6 Å². The van der Waals surface area contributed by atoms with Crippen molar-refractivity contribution in [2.75, 3.05) is 19.6 Å². The van der Waals surface area contributed by atoms with Crippen molar-refractivity contribution in [1.82, 2.24) is 9.55 Å². The van der Waals surface area contributed by atoms with Crippen molar-refractivity contribution in [3.63, 3.8) is 0 Å². The van der Waals surface area contributed by atoms with Crippen LogP contribution in [0, 0.1) is 11.6 Å². The molecular weight excluding hydrogens is 274 g/mol. The van der Waals surface area contributed by atoms with Crippen molar-refractivity contribution >= 4 is 22.6 Å². The van der Waals surface area contributed by atoms with Gasteiger partial charge in [0.25, 0.3) is 0 Å². The fourth-order valence-electron chi connectivity index (χ4n) is 2.09. The molecule has 0 N–H and O–H groups in total. The largest absolute Gasteiger partial charge is 0.385 e. The van der Waals surface area contributed by atoms with Gasteiger partial charge in [0.15, 0.2) is 11.6 Å². The highest BCUT2D eigenvalue weighted by atomic mass is 35.5. The van der Waals surface area contributed by atoms with Gasteiger partial charge >= 0.3 is 0 Å². The Morgan fingerprint density at radius 3 is 2.84 bits per heavy atom. The van der Waals surface area contributed by atoms with E-state index in [9.17, 15) is 8.78 Å². The first kappa shape index (κ1) is 14.2. The minimum absolute atomic E-state index is 0.205. The van der Waals surface area contributed by atoms with Crippen LogP contribution in [0.4, 0.5) is 8.78 Å². The van der Waals surface area contributed by atoms with Crippen LogP contribution in [0.5, 0.6) is 0 Å². The average Bonchev–Trinajstić information content (AvgIpc) is 2.74. The van der Waals surface area contributed by atoms with Crippen LogP contribution in [-0.2, 0) is 17.7 Å². The minimum Gasteiger partial charge on any atom is -0.385 e. The van der Waals surface area contributed by atoms with Gasteiger partial charge in [-0.25, -0.2) is 13.8 Å². The summed E-state index contributed by atoms with van der Waals surface area (Å²) in [5.41, 5.74) is 0.660. The van der Waals surface area contributed by atoms with E-state index >= 15 is 0 Å². The van der Waals surface area contributed by atoms with E-state index in [4.69, 9.17) is 16.3 Å². The third-order valence-electron chi connectivity index (χ3n) is 2.93. The maximum atomic E-state index is 13.9. The van der Waals surface area contributed by atoms with Gasteiger partial charge in [-0.3, -0.25) is 0 Å². The fraction of sp³-hybridized carbons (Fsp3) is 0.462. The quantitative estimate of drug-likeness (QED) is 0.603. The predicted molar refractivity (Wildman–Crippen MR) is 70.6 cm³/mol. The van der Waals surface area contributed by atoms with Gasteiger partial charge < -0.3 is 9.30 Å². The highest BCUT2D eigenvalue weighted by Crippen LogP contribution is 2.22. The molecule has 6 heteroatoms. The molecule has 1 aromatic heterocycles. The Balaban J connectivity index is 2.47. The number of rotatable bonds is 6. The lowest BCUT2D eigenvalue weighted by molar-refractivity contribution is 0.190. The molecule has 1 heterocycles. The highest BCUT2D eigenvalue weighted by Gasteiger charge is 2.16. The van der Waals surface area contributed by atoms with Crippen molar-refractivity contribution in [2.45, 2.75) is 19.4 Å². The molecule has 0 fully saturated rings. The minimum atomic E-state index is -0.863. The number of fused-ring (bicyclic) bond motifs is 1. The second kappa shape index (κ2) is 6.30. The molecule has 0 bridgehead atoms. The predicted octanol–water partition coefficient (Wildman–Crippen LogP) is 3.13. The maximum absolute atomic E-state index is 13.9. The van der Waals surface area contributed by atoms with Crippen LogP contribution in [0.15, 0.2) is 12.1 Å². The lowest BCUT2D eigenvalue weighted by atomic mass is 10.3. The standard InChI is InChI=1S/C13H15ClF2N2O/c1-19-8-2-7-18-11(5-6-14)17-10-4-3-9(15)12(16)13(10)18/h3-4H,2,5-8H2,1H3. The van der Waals surface area contributed by atoms with E-state index in [0.29, 0.717) is 43.2 Å². The summed E-state index contributed by atoms with van der Waals surface area (Å²) in [4.78, 5) is 4.31. The molecule has 0 aliphatic carbocycles. The fourth-order valence-corrected chi connectivity index (χ4v) is 2.26. The van der Waals surface area contributed by atoms with Gasteiger partial charge in [0.1, 0.15) is 11.3 Å². The zero-order chi connectivity index (χ0) is 13.8. The first-order valence-corrected chi connectivity index (χ1v) is 6.60. The number of nitrogens with zero attached hydrogens (tertiary/aromatic N) is 2. The van der Waals surface area contributed by atoms with E-state index in [-0.39, 0.29) is 5.52 Å². The lowest BCUT2D eigenvalue weighted by Crippen LogP contribution is -2.08. The molecule has 0 spiro atoms. The molecule has 2 aromatic rings. The van der Waals surface area contributed by atoms with E-state index in [1.54, 1.807) is 11.7 Å². The molecule has 0 aliphatic rings. The monoisotopic (exact) mass is 288 g/mol. The second-order valence-corrected chi connectivity index (χ2v) is 4.57. The molecule has 19 heavy (non-hydrogen) atoms. The summed E-state index contributed by atoms with van der Waals surface area (Å²) in [5, 5.41) is 0. The van der Waals surface area contributed by atoms with Crippen LogP contribution in [-0.4, -0.2) is 29.1 Å². The van der Waals surface area contributed by atoms with E-state index in [1.807, 2.05) is 0 Å². The molecule has 0 atom stereocenters. The van der Waals surface area contributed by atoms with Gasteiger partial charge in [0.2, 0.25) is 0 Å². The Kier molecular flexibility index (Phi) is 4.71. The van der Waals surface area contributed by atoms with Crippen LogP contribution < -0.4 is 0 Å². The topological polar surface area (TPSA) is 27.1 Å². The number of aromatic nitrogens is 2. The van der Waals surface area contributed by atoms with Crippen LogP contribution in [0.25, 0.3) is 11.0 Å². The number of aryl methyl sites for hydroxylation is 2. The number of ether oxygens (including phenoxy) is 1. The zero-order valence-electron chi connectivity index (χ0n) is 10.6. The summed E-state index contributed by atoms with van der Waals surface area (Å²) < 4.78 is 33.9. The summed E-state index contributed by atoms with van der Waals surface area (Å²) in [5.74, 6) is -0.663. The molecule has 104 valence electrons. The SMILES string of the molecule is COCCCn1c(CCCl)nc2ccc(F)c(F)c21. The highest BCUT2D eigenvalue weighted by molar-refractivity contribution is 6.17. The molecule has 0 saturated carbocycles. The van der Waals surface area contributed by atoms with Crippen molar-refractivity contribution in [2.24, 2.45) is 0 Å². The van der Waals surface area contributed by atoms with Gasteiger partial charge in [-0.1, -0.05) is 0 Å². The number of hydrogen-bond donors (Lipinski definition) is 0. The number of methoxy groups -OCH3 is 1. The van der Waals surface area contributed by atoms with E-state index in [1.165, 1.54) is 6.07 Å². The number of hydrogen-bond acceptors (Lipinski definition) is 2. The van der Waals surface area contributed by atoms with Crippen LogP contribution in [0.3, 0.4) is 0 Å². The molecule has 3 nitrogen and oxygen atoms in total. The Morgan fingerprint density at radius 1 is 1.37 bits per heavy atom. The smallest absolute Gasteiger partial charge is 0.184 e. The summed E-state index contributed by atoms with van der Waals surface area (Å²) in [6, 6.07) is 2.58. The number of alkyl halides is 1. The second-order valence-electron chi connectivity index (χ2n) is 4.19. The molecule has 0 radical (unpaired) electrons. The van der Waals surface area contributed by atoms with Crippen molar-refractivity contribution in [3.05, 3.63) is 29.6 Å². The molecular formula is C13H15ClF2N2O. The molecule has 0 saturated heterocycles. The number of halogens is 3. The first-order valence-electron chi connectivity index (χ1n) is 6.07. The number of imidazole rings is 1. The maximum Gasteiger partial charge on any atom is 0.184 e. The van der Waals surface area contributed by atoms with Crippen LogP contribution >= 0.6 is 11.6 Å². The Labute approximate surface area is 115 Å². The van der Waals surface area contributed by atoms with Gasteiger partial charge in [-0.2, -0.15) is 0 Å². The first-order chi connectivity index (χ1) is 9.19. The molecule has 2 rings (SSSR count). The summed E-state index contributed by atoms with van der Waals surface area (Å²) in [7, 11) is 1.60. The van der Waals surface area contributed by atoms with Crippen LogP contribution in [0.2, 0.25) is 0 Å². The number of benzene rings is 1. The van der Waals surface area contributed by atoms with Crippen LogP contribution in [0.1, 0.15) is 12.2 Å². The summed E-state index contributed by atoms with van der Waals surface area (Å²) >= 11 is 5.72. The van der Waals surface area contributed by atoms with Crippen molar-refractivity contribution in [3.8, 4) is 0 Å². The molecule has 0 amide bonds. The van der Waals surface area contributed by atoms with E-state index in [2.05, 4.69) is 4.98 Å². The van der Waals surface area contributed by atoms with E-state index in [0.717, 1.165) is 6.07 Å². The van der Waals surface area contributed by atoms with Gasteiger partial charge in [-0.05, 0) is 18.6 Å². The van der Waals surface area contributed by atoms with Gasteiger partial charge in [0, 0.05) is 32.6 Å². The van der Waals surface area contributed by atoms with Crippen molar-refractivity contribution < 1.29 is 13.5 Å². The lowest BCUT2D eigenvalue weighted by Gasteiger charge is -2.08. The molecule has 1 aromatic carbocycles. The third-order valence-corrected chi connectivity index (χ3v) is 3.12. The molecule has 0 aliphatic heterocycles.